The first kappa shape index (κ1) is 13.3. The number of ether oxygens (including phenoxy) is 1. The lowest BCUT2D eigenvalue weighted by Crippen LogP contribution is -2.28. The highest BCUT2D eigenvalue weighted by Crippen LogP contribution is 2.13. The zero-order valence-electron chi connectivity index (χ0n) is 10.2. The van der Waals surface area contributed by atoms with Crippen LogP contribution in [0, 0.1) is 0 Å². The molecule has 0 aliphatic heterocycles. The predicted molar refractivity (Wildman–Crippen MR) is 70.1 cm³/mol. The topological polar surface area (TPSA) is 34.2 Å². The number of hydrogen-bond acceptors (Lipinski definition) is 4. The average Bonchev–Trinajstić information content (AvgIpc) is 2.34. The molecule has 0 aliphatic rings. The molecule has 0 aromatic carbocycles. The number of pyridine rings is 1. The Labute approximate surface area is 102 Å². The van der Waals surface area contributed by atoms with E-state index in [1.807, 2.05) is 23.9 Å². The average molecular weight is 240 g/mol. The zero-order valence-corrected chi connectivity index (χ0v) is 11.0. The highest BCUT2D eigenvalue weighted by Gasteiger charge is 2.05. The second-order valence-corrected chi connectivity index (χ2v) is 4.93. The fraction of sp³-hybridized carbons (Fsp3) is 0.583. The molecular weight excluding hydrogens is 220 g/mol. The van der Waals surface area contributed by atoms with Crippen molar-refractivity contribution in [3.63, 3.8) is 0 Å². The lowest BCUT2D eigenvalue weighted by Gasteiger charge is -2.14. The van der Waals surface area contributed by atoms with Crippen molar-refractivity contribution in [2.45, 2.75) is 26.4 Å². The molecule has 0 aliphatic carbocycles. The van der Waals surface area contributed by atoms with Crippen molar-refractivity contribution < 1.29 is 4.74 Å². The summed E-state index contributed by atoms with van der Waals surface area (Å²) in [6.07, 6.45) is 1.75. The minimum Gasteiger partial charge on any atom is -0.481 e. The van der Waals surface area contributed by atoms with E-state index in [1.165, 1.54) is 5.75 Å². The van der Waals surface area contributed by atoms with Crippen LogP contribution in [0.1, 0.15) is 19.4 Å². The van der Waals surface area contributed by atoms with Gasteiger partial charge in [0.15, 0.2) is 0 Å². The van der Waals surface area contributed by atoms with Gasteiger partial charge in [-0.05, 0) is 18.7 Å². The fourth-order valence-electron chi connectivity index (χ4n) is 1.38. The van der Waals surface area contributed by atoms with Crippen molar-refractivity contribution in [2.24, 2.45) is 0 Å². The fourth-order valence-corrected chi connectivity index (χ4v) is 2.09. The Kier molecular flexibility index (Phi) is 6.26. The number of methoxy groups -OCH3 is 1. The van der Waals surface area contributed by atoms with Crippen LogP contribution < -0.4 is 10.1 Å². The Hall–Kier alpha value is -0.740. The number of rotatable bonds is 7. The summed E-state index contributed by atoms with van der Waals surface area (Å²) in [6.45, 7) is 5.19. The Balaban J connectivity index is 2.41. The standard InChI is InChI=1S/C12H20N2OS/c1-4-16-9-10(2)14-8-11-6-5-7-13-12(11)15-3/h5-7,10,14H,4,8-9H2,1-3H3. The Morgan fingerprint density at radius 1 is 1.56 bits per heavy atom. The van der Waals surface area contributed by atoms with Crippen molar-refractivity contribution in [3.8, 4) is 5.88 Å². The van der Waals surface area contributed by atoms with Gasteiger partial charge in [0, 0.05) is 30.1 Å². The largest absolute Gasteiger partial charge is 0.481 e. The first-order valence-corrected chi connectivity index (χ1v) is 6.72. The lowest BCUT2D eigenvalue weighted by atomic mass is 10.2. The maximum absolute atomic E-state index is 5.20. The molecule has 0 saturated heterocycles. The van der Waals surface area contributed by atoms with Crippen LogP contribution in [0.2, 0.25) is 0 Å². The molecular formula is C12H20N2OS. The second kappa shape index (κ2) is 7.52. The highest BCUT2D eigenvalue weighted by atomic mass is 32.2. The summed E-state index contributed by atoms with van der Waals surface area (Å²) in [5.74, 6) is 3.02. The molecule has 0 spiro atoms. The maximum atomic E-state index is 5.20. The monoisotopic (exact) mass is 240 g/mol. The van der Waals surface area contributed by atoms with Crippen LogP contribution in [0.25, 0.3) is 0 Å². The lowest BCUT2D eigenvalue weighted by molar-refractivity contribution is 0.389. The van der Waals surface area contributed by atoms with Crippen molar-refractivity contribution in [1.29, 1.82) is 0 Å². The third-order valence-corrected chi connectivity index (χ3v) is 3.40. The number of hydrogen-bond donors (Lipinski definition) is 1. The van der Waals surface area contributed by atoms with E-state index in [9.17, 15) is 0 Å². The molecule has 90 valence electrons. The minimum absolute atomic E-state index is 0.509. The second-order valence-electron chi connectivity index (χ2n) is 3.61. The van der Waals surface area contributed by atoms with Crippen LogP contribution >= 0.6 is 11.8 Å². The van der Waals surface area contributed by atoms with Gasteiger partial charge in [0.1, 0.15) is 0 Å². The number of nitrogens with one attached hydrogen (secondary N) is 1. The molecule has 0 radical (unpaired) electrons. The SMILES string of the molecule is CCSCC(C)NCc1cccnc1OC. The number of nitrogens with zero attached hydrogens (tertiary/aromatic N) is 1. The molecule has 3 nitrogen and oxygen atoms in total. The van der Waals surface area contributed by atoms with Gasteiger partial charge < -0.3 is 10.1 Å². The van der Waals surface area contributed by atoms with E-state index >= 15 is 0 Å². The summed E-state index contributed by atoms with van der Waals surface area (Å²) in [7, 11) is 1.65. The van der Waals surface area contributed by atoms with E-state index in [2.05, 4.69) is 24.1 Å². The van der Waals surface area contributed by atoms with Crippen molar-refractivity contribution in [1.82, 2.24) is 10.3 Å². The van der Waals surface area contributed by atoms with Crippen LogP contribution in [0.15, 0.2) is 18.3 Å². The van der Waals surface area contributed by atoms with Crippen molar-refractivity contribution >= 4 is 11.8 Å². The molecule has 0 fully saturated rings. The van der Waals surface area contributed by atoms with E-state index in [-0.39, 0.29) is 0 Å². The molecule has 1 aromatic heterocycles. The van der Waals surface area contributed by atoms with Crippen molar-refractivity contribution in [2.75, 3.05) is 18.6 Å². The summed E-state index contributed by atoms with van der Waals surface area (Å²) in [6, 6.07) is 4.48. The minimum atomic E-state index is 0.509. The Morgan fingerprint density at radius 3 is 3.06 bits per heavy atom. The van der Waals surface area contributed by atoms with E-state index in [1.54, 1.807) is 13.3 Å². The van der Waals surface area contributed by atoms with Crippen LogP contribution in [0.5, 0.6) is 5.88 Å². The summed E-state index contributed by atoms with van der Waals surface area (Å²) in [5.41, 5.74) is 1.11. The molecule has 1 heterocycles. The van der Waals surface area contributed by atoms with Crippen LogP contribution in [0.4, 0.5) is 0 Å². The molecule has 0 amide bonds. The molecule has 1 unspecified atom stereocenters. The van der Waals surface area contributed by atoms with Gasteiger partial charge in [0.2, 0.25) is 5.88 Å². The first-order valence-electron chi connectivity index (χ1n) is 5.57. The van der Waals surface area contributed by atoms with Crippen LogP contribution in [-0.4, -0.2) is 29.6 Å². The van der Waals surface area contributed by atoms with E-state index in [0.717, 1.165) is 17.9 Å². The summed E-state index contributed by atoms with van der Waals surface area (Å²) < 4.78 is 5.20. The predicted octanol–water partition coefficient (Wildman–Crippen LogP) is 2.32. The number of thioether (sulfide) groups is 1. The number of aromatic nitrogens is 1. The summed E-state index contributed by atoms with van der Waals surface area (Å²) in [5, 5.41) is 3.47. The summed E-state index contributed by atoms with van der Waals surface area (Å²) in [4.78, 5) is 4.17. The van der Waals surface area contributed by atoms with Crippen LogP contribution in [-0.2, 0) is 6.54 Å². The summed E-state index contributed by atoms with van der Waals surface area (Å²) >= 11 is 1.95. The molecule has 16 heavy (non-hydrogen) atoms. The van der Waals surface area contributed by atoms with E-state index in [0.29, 0.717) is 11.9 Å². The van der Waals surface area contributed by atoms with Gasteiger partial charge in [-0.15, -0.1) is 0 Å². The zero-order chi connectivity index (χ0) is 11.8. The molecule has 4 heteroatoms. The molecule has 1 atom stereocenters. The smallest absolute Gasteiger partial charge is 0.217 e. The van der Waals surface area contributed by atoms with E-state index in [4.69, 9.17) is 4.74 Å². The first-order chi connectivity index (χ1) is 7.77. The highest BCUT2D eigenvalue weighted by molar-refractivity contribution is 7.99. The van der Waals surface area contributed by atoms with Crippen LogP contribution in [0.3, 0.4) is 0 Å². The van der Waals surface area contributed by atoms with Gasteiger partial charge in [-0.2, -0.15) is 11.8 Å². The van der Waals surface area contributed by atoms with Gasteiger partial charge >= 0.3 is 0 Å². The third-order valence-electron chi connectivity index (χ3n) is 2.26. The third kappa shape index (κ3) is 4.41. The normalized spacial score (nSPS) is 12.4. The molecule has 0 saturated carbocycles. The van der Waals surface area contributed by atoms with Gasteiger partial charge in [-0.1, -0.05) is 13.0 Å². The molecule has 1 aromatic rings. The maximum Gasteiger partial charge on any atom is 0.217 e. The Morgan fingerprint density at radius 2 is 2.38 bits per heavy atom. The molecule has 1 N–H and O–H groups in total. The van der Waals surface area contributed by atoms with Crippen molar-refractivity contribution in [3.05, 3.63) is 23.9 Å². The quantitative estimate of drug-likeness (QED) is 0.793. The van der Waals surface area contributed by atoms with Gasteiger partial charge in [-0.25, -0.2) is 4.98 Å². The molecule has 0 bridgehead atoms. The van der Waals surface area contributed by atoms with Gasteiger partial charge in [0.25, 0.3) is 0 Å². The van der Waals surface area contributed by atoms with Gasteiger partial charge in [-0.3, -0.25) is 0 Å². The van der Waals surface area contributed by atoms with E-state index < -0.39 is 0 Å². The Bertz CT molecular complexity index is 307. The van der Waals surface area contributed by atoms with Gasteiger partial charge in [0.05, 0.1) is 7.11 Å². The molecule has 1 rings (SSSR count).